The third kappa shape index (κ3) is 1.15. The maximum Gasteiger partial charge on any atom is 0.471 e. The van der Waals surface area contributed by atoms with Crippen molar-refractivity contribution in [3.8, 4) is 0 Å². The SMILES string of the molecule is C[n+]1cccn1C(F)(F)C(=O)O. The molecule has 0 saturated heterocycles. The van der Waals surface area contributed by atoms with Crippen molar-refractivity contribution in [2.75, 3.05) is 0 Å². The molecule has 0 fully saturated rings. The second-order valence-corrected chi connectivity index (χ2v) is 2.26. The van der Waals surface area contributed by atoms with Gasteiger partial charge in [0.15, 0.2) is 13.2 Å². The van der Waals surface area contributed by atoms with Crippen molar-refractivity contribution < 1.29 is 23.4 Å². The molecule has 0 aliphatic carbocycles. The molecule has 0 aromatic carbocycles. The highest BCUT2D eigenvalue weighted by Gasteiger charge is 2.46. The zero-order valence-corrected chi connectivity index (χ0v) is 6.24. The van der Waals surface area contributed by atoms with Crippen molar-refractivity contribution >= 4 is 5.97 Å². The minimum atomic E-state index is -3.89. The fraction of sp³-hybridized carbons (Fsp3) is 0.333. The second-order valence-electron chi connectivity index (χ2n) is 2.26. The maximum atomic E-state index is 12.7. The molecule has 0 saturated carbocycles. The van der Waals surface area contributed by atoms with Gasteiger partial charge in [-0.25, -0.2) is 4.79 Å². The highest BCUT2D eigenvalue weighted by atomic mass is 19.3. The van der Waals surface area contributed by atoms with Crippen LogP contribution in [0.15, 0.2) is 18.5 Å². The van der Waals surface area contributed by atoms with E-state index in [2.05, 4.69) is 0 Å². The number of carboxylic acids is 1. The van der Waals surface area contributed by atoms with Gasteiger partial charge in [0.05, 0.1) is 6.20 Å². The molecule has 1 aromatic heterocycles. The van der Waals surface area contributed by atoms with E-state index in [-0.39, 0.29) is 0 Å². The van der Waals surface area contributed by atoms with Gasteiger partial charge in [0.25, 0.3) is 0 Å². The summed E-state index contributed by atoms with van der Waals surface area (Å²) in [5, 5.41) is 8.15. The monoisotopic (exact) mass is 177 g/mol. The van der Waals surface area contributed by atoms with Crippen molar-refractivity contribution in [2.45, 2.75) is 6.05 Å². The lowest BCUT2D eigenvalue weighted by Crippen LogP contribution is -2.49. The molecular weight excluding hydrogens is 170 g/mol. The number of aryl methyl sites for hydroxylation is 1. The van der Waals surface area contributed by atoms with E-state index in [1.54, 1.807) is 0 Å². The Hall–Kier alpha value is -1.46. The Labute approximate surface area is 66.6 Å². The molecule has 0 spiro atoms. The highest BCUT2D eigenvalue weighted by molar-refractivity contribution is 5.72. The van der Waals surface area contributed by atoms with Crippen LogP contribution in [0.25, 0.3) is 0 Å². The number of aromatic nitrogens is 2. The maximum absolute atomic E-state index is 12.7. The van der Waals surface area contributed by atoms with E-state index in [0.29, 0.717) is 4.68 Å². The number of carboxylic acid groups (broad SMARTS) is 1. The molecule has 0 aliphatic rings. The molecule has 0 unspecified atom stereocenters. The number of hydrogen-bond donors (Lipinski definition) is 1. The van der Waals surface area contributed by atoms with E-state index in [9.17, 15) is 13.6 Å². The standard InChI is InChI=1S/C6H6F2N2O2/c1-9-3-2-4-10(9)6(7,8)5(11)12/h2-4H,1H3/p+1. The zero-order chi connectivity index (χ0) is 9.35. The lowest BCUT2D eigenvalue weighted by atomic mass is 10.5. The van der Waals surface area contributed by atoms with E-state index in [1.807, 2.05) is 0 Å². The van der Waals surface area contributed by atoms with Gasteiger partial charge in [-0.3, -0.25) is 0 Å². The molecule has 0 atom stereocenters. The topological polar surface area (TPSA) is 46.1 Å². The number of rotatable bonds is 2. The van der Waals surface area contributed by atoms with E-state index in [1.165, 1.54) is 19.3 Å². The molecule has 0 aliphatic heterocycles. The van der Waals surface area contributed by atoms with Gasteiger partial charge in [0.2, 0.25) is 0 Å². The van der Waals surface area contributed by atoms with Crippen LogP contribution in [0.1, 0.15) is 0 Å². The number of hydrogen-bond acceptors (Lipinski definition) is 1. The molecule has 66 valence electrons. The van der Waals surface area contributed by atoms with Gasteiger partial charge in [-0.2, -0.15) is 8.78 Å². The first-order chi connectivity index (χ1) is 5.46. The summed E-state index contributed by atoms with van der Waals surface area (Å²) in [6, 6.07) is -2.56. The first-order valence-electron chi connectivity index (χ1n) is 3.11. The summed E-state index contributed by atoms with van der Waals surface area (Å²) in [6.45, 7) is 0. The molecule has 0 radical (unpaired) electrons. The van der Waals surface area contributed by atoms with Gasteiger partial charge >= 0.3 is 12.0 Å². The van der Waals surface area contributed by atoms with Crippen LogP contribution < -0.4 is 4.68 Å². The van der Waals surface area contributed by atoms with Crippen LogP contribution in [0.5, 0.6) is 0 Å². The Morgan fingerprint density at radius 3 is 2.58 bits per heavy atom. The number of aliphatic carboxylic acids is 1. The second kappa shape index (κ2) is 2.54. The minimum absolute atomic E-state index is 0.329. The van der Waals surface area contributed by atoms with E-state index >= 15 is 0 Å². The molecular formula is C6H7F2N2O2+. The van der Waals surface area contributed by atoms with Crippen molar-refractivity contribution in [1.82, 2.24) is 4.68 Å². The number of carbonyl (C=O) groups is 1. The predicted molar refractivity (Wildman–Crippen MR) is 33.4 cm³/mol. The Morgan fingerprint density at radius 1 is 1.67 bits per heavy atom. The third-order valence-corrected chi connectivity index (χ3v) is 1.41. The lowest BCUT2D eigenvalue weighted by molar-refractivity contribution is -0.766. The number of nitrogens with zero attached hydrogens (tertiary/aromatic N) is 2. The van der Waals surface area contributed by atoms with Gasteiger partial charge in [0, 0.05) is 6.07 Å². The van der Waals surface area contributed by atoms with Gasteiger partial charge in [0.1, 0.15) is 0 Å². The summed E-state index contributed by atoms with van der Waals surface area (Å²) in [5.74, 6) is -2.17. The van der Waals surface area contributed by atoms with E-state index in [0.717, 1.165) is 10.9 Å². The number of halogens is 2. The normalized spacial score (nSPS) is 11.6. The smallest absolute Gasteiger partial charge is 0.471 e. The molecule has 12 heavy (non-hydrogen) atoms. The summed E-state index contributed by atoms with van der Waals surface area (Å²) in [7, 11) is 1.33. The molecule has 0 amide bonds. The summed E-state index contributed by atoms with van der Waals surface area (Å²) < 4.78 is 26.8. The van der Waals surface area contributed by atoms with Crippen molar-refractivity contribution in [3.05, 3.63) is 18.5 Å². The van der Waals surface area contributed by atoms with Crippen molar-refractivity contribution in [3.63, 3.8) is 0 Å². The third-order valence-electron chi connectivity index (χ3n) is 1.41. The fourth-order valence-corrected chi connectivity index (χ4v) is 0.811. The molecule has 1 aromatic rings. The van der Waals surface area contributed by atoms with Crippen molar-refractivity contribution in [1.29, 1.82) is 0 Å². The Bertz CT molecular complexity index is 308. The van der Waals surface area contributed by atoms with Crippen LogP contribution in [0.3, 0.4) is 0 Å². The average molecular weight is 177 g/mol. The van der Waals surface area contributed by atoms with Crippen LogP contribution in [-0.4, -0.2) is 15.8 Å². The predicted octanol–water partition coefficient (Wildman–Crippen LogP) is -0.0535. The number of alkyl halides is 2. The summed E-state index contributed by atoms with van der Waals surface area (Å²) >= 11 is 0. The van der Waals surface area contributed by atoms with Gasteiger partial charge in [-0.15, -0.1) is 4.68 Å². The molecule has 1 rings (SSSR count). The van der Waals surface area contributed by atoms with E-state index < -0.39 is 12.0 Å². The Kier molecular flexibility index (Phi) is 1.83. The molecule has 1 N–H and O–H groups in total. The quantitative estimate of drug-likeness (QED) is 0.643. The van der Waals surface area contributed by atoms with Crippen LogP contribution in [0.4, 0.5) is 8.78 Å². The fourth-order valence-electron chi connectivity index (χ4n) is 0.811. The van der Waals surface area contributed by atoms with Crippen molar-refractivity contribution in [2.24, 2.45) is 7.05 Å². The Balaban J connectivity index is 3.13. The van der Waals surface area contributed by atoms with Crippen LogP contribution in [0.2, 0.25) is 0 Å². The molecule has 1 heterocycles. The average Bonchev–Trinajstić information content (AvgIpc) is 2.35. The highest BCUT2D eigenvalue weighted by Crippen LogP contribution is 2.17. The molecule has 6 heteroatoms. The first-order valence-corrected chi connectivity index (χ1v) is 3.11. The van der Waals surface area contributed by atoms with Gasteiger partial charge < -0.3 is 5.11 Å². The van der Waals surface area contributed by atoms with Gasteiger partial charge in [-0.05, 0) is 0 Å². The van der Waals surface area contributed by atoms with Crippen LogP contribution >= 0.6 is 0 Å². The minimum Gasteiger partial charge on any atom is -0.475 e. The molecule has 0 bridgehead atoms. The summed E-state index contributed by atoms with van der Waals surface area (Å²) in [5.41, 5.74) is 0. The Morgan fingerprint density at radius 2 is 2.25 bits per heavy atom. The zero-order valence-electron chi connectivity index (χ0n) is 6.24. The first kappa shape index (κ1) is 8.63. The van der Waals surface area contributed by atoms with Gasteiger partial charge in [-0.1, -0.05) is 4.68 Å². The van der Waals surface area contributed by atoms with Crippen LogP contribution in [-0.2, 0) is 17.9 Å². The molecule has 4 nitrogen and oxygen atoms in total. The largest absolute Gasteiger partial charge is 0.475 e. The van der Waals surface area contributed by atoms with Crippen LogP contribution in [0, 0.1) is 0 Å². The van der Waals surface area contributed by atoms with E-state index in [4.69, 9.17) is 5.11 Å². The lowest BCUT2D eigenvalue weighted by Gasteiger charge is -2.08. The summed E-state index contributed by atoms with van der Waals surface area (Å²) in [4.78, 5) is 10.1. The summed E-state index contributed by atoms with van der Waals surface area (Å²) in [6.07, 6.45) is 2.32.